The zero-order chi connectivity index (χ0) is 10.6. The lowest BCUT2D eigenvalue weighted by atomic mass is 10.3. The first-order chi connectivity index (χ1) is 6.67. The maximum atomic E-state index is 8.52. The quantitative estimate of drug-likeness (QED) is 0.667. The highest BCUT2D eigenvalue weighted by Crippen LogP contribution is 2.05. The van der Waals surface area contributed by atoms with Gasteiger partial charge in [-0.25, -0.2) is 0 Å². The van der Waals surface area contributed by atoms with E-state index in [-0.39, 0.29) is 0 Å². The molecule has 0 unspecified atom stereocenters. The second-order valence-corrected chi connectivity index (χ2v) is 3.43. The zero-order valence-electron chi connectivity index (χ0n) is 8.99. The van der Waals surface area contributed by atoms with Crippen molar-refractivity contribution in [2.75, 3.05) is 13.6 Å². The largest absolute Gasteiger partial charge is 0.288 e. The fraction of sp³-hybridized carbons (Fsp3) is 0.600. The highest BCUT2D eigenvalue weighted by molar-refractivity contribution is 5.10. The topological polar surface area (TPSA) is 44.9 Å². The van der Waals surface area contributed by atoms with Gasteiger partial charge in [-0.1, -0.05) is 6.92 Å². The SMILES string of the molecule is CCc1cc(CN(C)CC#N)n(C)n1. The maximum absolute atomic E-state index is 8.52. The Morgan fingerprint density at radius 3 is 2.86 bits per heavy atom. The van der Waals surface area contributed by atoms with Crippen molar-refractivity contribution in [3.8, 4) is 6.07 Å². The molecule has 0 spiro atoms. The van der Waals surface area contributed by atoms with Crippen molar-refractivity contribution in [2.45, 2.75) is 19.9 Å². The van der Waals surface area contributed by atoms with Crippen molar-refractivity contribution in [2.24, 2.45) is 7.05 Å². The van der Waals surface area contributed by atoms with Gasteiger partial charge in [0.05, 0.1) is 24.0 Å². The molecule has 0 aliphatic heterocycles. The van der Waals surface area contributed by atoms with Crippen LogP contribution >= 0.6 is 0 Å². The van der Waals surface area contributed by atoms with E-state index in [0.717, 1.165) is 24.4 Å². The van der Waals surface area contributed by atoms with E-state index in [9.17, 15) is 0 Å². The summed E-state index contributed by atoms with van der Waals surface area (Å²) in [5.74, 6) is 0. The highest BCUT2D eigenvalue weighted by Gasteiger charge is 2.06. The molecule has 0 fully saturated rings. The standard InChI is InChI=1S/C10H16N4/c1-4-9-7-10(14(3)12-9)8-13(2)6-5-11/h7H,4,6,8H2,1-3H3. The van der Waals surface area contributed by atoms with Gasteiger partial charge in [0.15, 0.2) is 0 Å². The Kier molecular flexibility index (Phi) is 3.66. The number of aromatic nitrogens is 2. The van der Waals surface area contributed by atoms with Gasteiger partial charge in [0.25, 0.3) is 0 Å². The average molecular weight is 192 g/mol. The van der Waals surface area contributed by atoms with Crippen LogP contribution in [0.25, 0.3) is 0 Å². The van der Waals surface area contributed by atoms with E-state index in [1.165, 1.54) is 0 Å². The summed E-state index contributed by atoms with van der Waals surface area (Å²) in [6, 6.07) is 4.22. The molecule has 0 saturated carbocycles. The van der Waals surface area contributed by atoms with E-state index >= 15 is 0 Å². The van der Waals surface area contributed by atoms with Gasteiger partial charge in [-0.2, -0.15) is 10.4 Å². The van der Waals surface area contributed by atoms with Crippen LogP contribution in [0, 0.1) is 11.3 Å². The van der Waals surface area contributed by atoms with Crippen molar-refractivity contribution in [3.05, 3.63) is 17.5 Å². The Morgan fingerprint density at radius 1 is 1.64 bits per heavy atom. The first-order valence-electron chi connectivity index (χ1n) is 4.74. The molecule has 4 heteroatoms. The Hall–Kier alpha value is -1.34. The number of nitrogens with zero attached hydrogens (tertiary/aromatic N) is 4. The van der Waals surface area contributed by atoms with Crippen LogP contribution in [-0.4, -0.2) is 28.3 Å². The molecule has 0 saturated heterocycles. The number of hydrogen-bond acceptors (Lipinski definition) is 3. The summed E-state index contributed by atoms with van der Waals surface area (Å²) in [5.41, 5.74) is 2.26. The zero-order valence-corrected chi connectivity index (χ0v) is 8.99. The van der Waals surface area contributed by atoms with Crippen LogP contribution in [0.3, 0.4) is 0 Å². The molecule has 0 aromatic carbocycles. The summed E-state index contributed by atoms with van der Waals surface area (Å²) in [6.07, 6.45) is 0.954. The molecule has 76 valence electrons. The van der Waals surface area contributed by atoms with Gasteiger partial charge in [-0.05, 0) is 19.5 Å². The van der Waals surface area contributed by atoms with Crippen LogP contribution in [-0.2, 0) is 20.0 Å². The Labute approximate surface area is 84.7 Å². The molecular formula is C10H16N4. The third-order valence-corrected chi connectivity index (χ3v) is 2.16. The summed E-state index contributed by atoms with van der Waals surface area (Å²) in [6.45, 7) is 3.31. The van der Waals surface area contributed by atoms with Crippen molar-refractivity contribution in [1.29, 1.82) is 5.26 Å². The van der Waals surface area contributed by atoms with Crippen molar-refractivity contribution in [3.63, 3.8) is 0 Å². The molecule has 4 nitrogen and oxygen atoms in total. The summed E-state index contributed by atoms with van der Waals surface area (Å²) < 4.78 is 1.88. The number of nitriles is 1. The van der Waals surface area contributed by atoms with Crippen molar-refractivity contribution >= 4 is 0 Å². The van der Waals surface area contributed by atoms with Gasteiger partial charge < -0.3 is 0 Å². The molecule has 0 atom stereocenters. The molecule has 0 aliphatic carbocycles. The lowest BCUT2D eigenvalue weighted by Crippen LogP contribution is -2.19. The molecule has 1 aromatic rings. The fourth-order valence-corrected chi connectivity index (χ4v) is 1.35. The molecular weight excluding hydrogens is 176 g/mol. The first-order valence-corrected chi connectivity index (χ1v) is 4.74. The maximum Gasteiger partial charge on any atom is 0.0866 e. The monoisotopic (exact) mass is 192 g/mol. The smallest absolute Gasteiger partial charge is 0.0866 e. The molecule has 0 N–H and O–H groups in total. The lowest BCUT2D eigenvalue weighted by Gasteiger charge is -2.11. The third-order valence-electron chi connectivity index (χ3n) is 2.16. The van der Waals surface area contributed by atoms with E-state index in [1.807, 2.05) is 23.7 Å². The summed E-state index contributed by atoms with van der Waals surface area (Å²) in [7, 11) is 3.87. The van der Waals surface area contributed by atoms with E-state index in [1.54, 1.807) is 0 Å². The van der Waals surface area contributed by atoms with Crippen LogP contribution < -0.4 is 0 Å². The number of aryl methyl sites for hydroxylation is 2. The summed E-state index contributed by atoms with van der Waals surface area (Å²) >= 11 is 0. The molecule has 1 rings (SSSR count). The second kappa shape index (κ2) is 4.77. The Balaban J connectivity index is 2.67. The van der Waals surface area contributed by atoms with E-state index in [0.29, 0.717) is 6.54 Å². The second-order valence-electron chi connectivity index (χ2n) is 3.43. The normalized spacial score (nSPS) is 10.5. The van der Waals surface area contributed by atoms with Gasteiger partial charge in [-0.3, -0.25) is 9.58 Å². The molecule has 0 aliphatic rings. The van der Waals surface area contributed by atoms with Gasteiger partial charge in [0.1, 0.15) is 0 Å². The Morgan fingerprint density at radius 2 is 2.36 bits per heavy atom. The van der Waals surface area contributed by atoms with Crippen molar-refractivity contribution < 1.29 is 0 Å². The van der Waals surface area contributed by atoms with Gasteiger partial charge in [0, 0.05) is 13.6 Å². The molecule has 0 amide bonds. The van der Waals surface area contributed by atoms with E-state index in [2.05, 4.69) is 24.2 Å². The predicted octanol–water partition coefficient (Wildman–Crippen LogP) is 0.938. The van der Waals surface area contributed by atoms with E-state index in [4.69, 9.17) is 5.26 Å². The van der Waals surface area contributed by atoms with Gasteiger partial charge >= 0.3 is 0 Å². The summed E-state index contributed by atoms with van der Waals surface area (Å²) in [5, 5.41) is 12.9. The van der Waals surface area contributed by atoms with Gasteiger partial charge in [0.2, 0.25) is 0 Å². The van der Waals surface area contributed by atoms with Crippen LogP contribution in [0.2, 0.25) is 0 Å². The molecule has 14 heavy (non-hydrogen) atoms. The molecule has 0 radical (unpaired) electrons. The fourth-order valence-electron chi connectivity index (χ4n) is 1.35. The minimum atomic E-state index is 0.451. The van der Waals surface area contributed by atoms with Crippen molar-refractivity contribution in [1.82, 2.24) is 14.7 Å². The average Bonchev–Trinajstić information content (AvgIpc) is 2.48. The van der Waals surface area contributed by atoms with Crippen LogP contribution in [0.5, 0.6) is 0 Å². The van der Waals surface area contributed by atoms with Crippen LogP contribution in [0.15, 0.2) is 6.07 Å². The molecule has 0 bridgehead atoms. The highest BCUT2D eigenvalue weighted by atomic mass is 15.3. The van der Waals surface area contributed by atoms with E-state index < -0.39 is 0 Å². The Bertz CT molecular complexity index is 334. The third kappa shape index (κ3) is 2.57. The van der Waals surface area contributed by atoms with Crippen LogP contribution in [0.1, 0.15) is 18.3 Å². The first kappa shape index (κ1) is 10.7. The lowest BCUT2D eigenvalue weighted by molar-refractivity contribution is 0.355. The molecule has 1 heterocycles. The summed E-state index contributed by atoms with van der Waals surface area (Å²) in [4.78, 5) is 1.97. The number of hydrogen-bond donors (Lipinski definition) is 0. The number of rotatable bonds is 4. The van der Waals surface area contributed by atoms with Crippen LogP contribution in [0.4, 0.5) is 0 Å². The molecule has 1 aromatic heterocycles. The van der Waals surface area contributed by atoms with Gasteiger partial charge in [-0.15, -0.1) is 0 Å². The predicted molar refractivity (Wildman–Crippen MR) is 54.5 cm³/mol. The minimum absolute atomic E-state index is 0.451. The minimum Gasteiger partial charge on any atom is -0.288 e.